The van der Waals surface area contributed by atoms with Crippen LogP contribution in [0.4, 0.5) is 5.69 Å². The van der Waals surface area contributed by atoms with E-state index in [1.807, 2.05) is 13.0 Å². The smallest absolute Gasteiger partial charge is 0.310 e. The standard InChI is InChI=1S/C15H16ClNO4/c1-7-2-3-8(6-9(7)16)17-14(18)12-10-4-5-11(21-10)13(12)15(19)20/h2-3,6,10-13H,4-5H2,1H3,(H,17,18)(H,19,20)/t10-,11+,12-,13+/m1/s1. The predicted octanol–water partition coefficient (Wildman–Crippen LogP) is 2.47. The number of carboxylic acids is 1. The zero-order valence-corrected chi connectivity index (χ0v) is 12.3. The highest BCUT2D eigenvalue weighted by molar-refractivity contribution is 6.31. The van der Waals surface area contributed by atoms with Crippen molar-refractivity contribution in [3.63, 3.8) is 0 Å². The van der Waals surface area contributed by atoms with E-state index >= 15 is 0 Å². The van der Waals surface area contributed by atoms with Crippen LogP contribution in [0, 0.1) is 18.8 Å². The molecule has 112 valence electrons. The molecule has 2 fully saturated rings. The Labute approximate surface area is 127 Å². The van der Waals surface area contributed by atoms with Gasteiger partial charge in [0.05, 0.1) is 24.0 Å². The Balaban J connectivity index is 1.78. The lowest BCUT2D eigenvalue weighted by Gasteiger charge is -2.23. The summed E-state index contributed by atoms with van der Waals surface area (Å²) in [5.74, 6) is -2.68. The van der Waals surface area contributed by atoms with E-state index in [-0.39, 0.29) is 18.1 Å². The van der Waals surface area contributed by atoms with Gasteiger partial charge in [-0.2, -0.15) is 0 Å². The molecule has 2 aliphatic rings. The molecule has 2 bridgehead atoms. The molecule has 2 N–H and O–H groups in total. The maximum Gasteiger partial charge on any atom is 0.310 e. The van der Waals surface area contributed by atoms with Gasteiger partial charge in [0.15, 0.2) is 0 Å². The number of carbonyl (C=O) groups excluding carboxylic acids is 1. The summed E-state index contributed by atoms with van der Waals surface area (Å²) >= 11 is 6.03. The van der Waals surface area contributed by atoms with Gasteiger partial charge in [-0.05, 0) is 37.5 Å². The molecule has 2 saturated heterocycles. The van der Waals surface area contributed by atoms with E-state index in [2.05, 4.69) is 5.32 Å². The molecule has 21 heavy (non-hydrogen) atoms. The second-order valence-electron chi connectivity index (χ2n) is 5.63. The number of benzene rings is 1. The van der Waals surface area contributed by atoms with Crippen LogP contribution < -0.4 is 5.32 Å². The second kappa shape index (κ2) is 5.31. The normalized spacial score (nSPS) is 30.4. The number of fused-ring (bicyclic) bond motifs is 2. The molecule has 0 aliphatic carbocycles. The van der Waals surface area contributed by atoms with Gasteiger partial charge in [-0.3, -0.25) is 9.59 Å². The van der Waals surface area contributed by atoms with Crippen molar-refractivity contribution in [3.8, 4) is 0 Å². The van der Waals surface area contributed by atoms with Crippen LogP contribution in [0.5, 0.6) is 0 Å². The Bertz CT molecular complexity index is 603. The van der Waals surface area contributed by atoms with Crippen molar-refractivity contribution in [3.05, 3.63) is 28.8 Å². The van der Waals surface area contributed by atoms with Gasteiger partial charge < -0.3 is 15.2 Å². The lowest BCUT2D eigenvalue weighted by molar-refractivity contribution is -0.147. The van der Waals surface area contributed by atoms with Gasteiger partial charge in [-0.1, -0.05) is 17.7 Å². The molecule has 2 aliphatic heterocycles. The Morgan fingerprint density at radius 2 is 1.95 bits per heavy atom. The van der Waals surface area contributed by atoms with Crippen LogP contribution in [-0.2, 0) is 14.3 Å². The van der Waals surface area contributed by atoms with Gasteiger partial charge in [0.2, 0.25) is 5.91 Å². The average Bonchev–Trinajstić information content (AvgIpc) is 3.03. The van der Waals surface area contributed by atoms with Crippen molar-refractivity contribution >= 4 is 29.2 Å². The molecule has 5 nitrogen and oxygen atoms in total. The van der Waals surface area contributed by atoms with Crippen molar-refractivity contribution < 1.29 is 19.4 Å². The van der Waals surface area contributed by atoms with Crippen LogP contribution in [0.25, 0.3) is 0 Å². The van der Waals surface area contributed by atoms with E-state index in [0.29, 0.717) is 17.1 Å². The quantitative estimate of drug-likeness (QED) is 0.899. The molecule has 0 unspecified atom stereocenters. The highest BCUT2D eigenvalue weighted by atomic mass is 35.5. The molecule has 0 aromatic heterocycles. The molecule has 1 aromatic carbocycles. The number of aliphatic carboxylic acids is 1. The number of halogens is 1. The number of nitrogens with one attached hydrogen (secondary N) is 1. The lowest BCUT2D eigenvalue weighted by Crippen LogP contribution is -2.40. The molecule has 6 heteroatoms. The van der Waals surface area contributed by atoms with E-state index in [1.165, 1.54) is 0 Å². The van der Waals surface area contributed by atoms with Crippen LogP contribution in [0.2, 0.25) is 5.02 Å². The Morgan fingerprint density at radius 3 is 2.57 bits per heavy atom. The van der Waals surface area contributed by atoms with Crippen LogP contribution in [0.15, 0.2) is 18.2 Å². The average molecular weight is 310 g/mol. The summed E-state index contributed by atoms with van der Waals surface area (Å²) in [4.78, 5) is 23.8. The second-order valence-corrected chi connectivity index (χ2v) is 6.04. The number of ether oxygens (including phenoxy) is 1. The molecular formula is C15H16ClNO4. The summed E-state index contributed by atoms with van der Waals surface area (Å²) in [6.45, 7) is 1.87. The number of anilines is 1. The fourth-order valence-corrected chi connectivity index (χ4v) is 3.40. The van der Waals surface area contributed by atoms with E-state index in [4.69, 9.17) is 16.3 Å². The number of carboxylic acid groups (broad SMARTS) is 1. The highest BCUT2D eigenvalue weighted by Gasteiger charge is 2.55. The van der Waals surface area contributed by atoms with E-state index < -0.39 is 17.8 Å². The minimum Gasteiger partial charge on any atom is -0.481 e. The zero-order valence-electron chi connectivity index (χ0n) is 11.5. The largest absolute Gasteiger partial charge is 0.481 e. The summed E-state index contributed by atoms with van der Waals surface area (Å²) in [6.07, 6.45) is 0.810. The number of hydrogen-bond donors (Lipinski definition) is 2. The van der Waals surface area contributed by atoms with Crippen molar-refractivity contribution in [2.24, 2.45) is 11.8 Å². The Hall–Kier alpha value is -1.59. The van der Waals surface area contributed by atoms with Gasteiger partial charge in [-0.15, -0.1) is 0 Å². The summed E-state index contributed by atoms with van der Waals surface area (Å²) < 4.78 is 5.59. The molecule has 1 aromatic rings. The third-order valence-corrected chi connectivity index (χ3v) is 4.71. The molecule has 3 rings (SSSR count). The first-order valence-electron chi connectivity index (χ1n) is 6.92. The van der Waals surface area contributed by atoms with Gasteiger partial charge >= 0.3 is 5.97 Å². The van der Waals surface area contributed by atoms with Crippen LogP contribution in [-0.4, -0.2) is 29.2 Å². The number of aryl methyl sites for hydroxylation is 1. The molecule has 1 amide bonds. The number of hydrogen-bond acceptors (Lipinski definition) is 3. The first-order valence-corrected chi connectivity index (χ1v) is 7.30. The maximum absolute atomic E-state index is 12.4. The van der Waals surface area contributed by atoms with Gasteiger partial charge in [0.1, 0.15) is 0 Å². The SMILES string of the molecule is Cc1ccc(NC(=O)[C@H]2[C@@H](C(=O)O)[C@@H]3CC[C@H]2O3)cc1Cl. The van der Waals surface area contributed by atoms with Gasteiger partial charge in [0.25, 0.3) is 0 Å². The maximum atomic E-state index is 12.4. The first kappa shape index (κ1) is 14.4. The third kappa shape index (κ3) is 2.51. The molecule has 4 atom stereocenters. The Morgan fingerprint density at radius 1 is 1.29 bits per heavy atom. The number of rotatable bonds is 3. The van der Waals surface area contributed by atoms with Gasteiger partial charge in [-0.25, -0.2) is 0 Å². The van der Waals surface area contributed by atoms with E-state index in [9.17, 15) is 14.7 Å². The first-order chi connectivity index (χ1) is 9.97. The van der Waals surface area contributed by atoms with Crippen molar-refractivity contribution in [2.45, 2.75) is 32.0 Å². The number of carbonyl (C=O) groups is 2. The summed E-state index contributed by atoms with van der Waals surface area (Å²) in [5.41, 5.74) is 1.49. The Kier molecular flexibility index (Phi) is 3.63. The minimum absolute atomic E-state index is 0.294. The van der Waals surface area contributed by atoms with Crippen molar-refractivity contribution in [1.29, 1.82) is 0 Å². The van der Waals surface area contributed by atoms with E-state index in [1.54, 1.807) is 12.1 Å². The molecule has 0 saturated carbocycles. The van der Waals surface area contributed by atoms with Gasteiger partial charge in [0, 0.05) is 10.7 Å². The van der Waals surface area contributed by atoms with Crippen LogP contribution in [0.1, 0.15) is 18.4 Å². The zero-order chi connectivity index (χ0) is 15.1. The molecule has 0 spiro atoms. The van der Waals surface area contributed by atoms with Crippen molar-refractivity contribution in [2.75, 3.05) is 5.32 Å². The predicted molar refractivity (Wildman–Crippen MR) is 77.3 cm³/mol. The van der Waals surface area contributed by atoms with Crippen LogP contribution in [0.3, 0.4) is 0 Å². The summed E-state index contributed by atoms with van der Waals surface area (Å²) in [7, 11) is 0. The minimum atomic E-state index is -0.968. The van der Waals surface area contributed by atoms with Crippen molar-refractivity contribution in [1.82, 2.24) is 0 Å². The highest BCUT2D eigenvalue weighted by Crippen LogP contribution is 2.44. The lowest BCUT2D eigenvalue weighted by atomic mass is 9.78. The summed E-state index contributed by atoms with van der Waals surface area (Å²) in [6, 6.07) is 5.23. The fourth-order valence-electron chi connectivity index (χ4n) is 3.22. The topological polar surface area (TPSA) is 75.6 Å². The molecule has 2 heterocycles. The molecular weight excluding hydrogens is 294 g/mol. The monoisotopic (exact) mass is 309 g/mol. The summed E-state index contributed by atoms with van der Waals surface area (Å²) in [5, 5.41) is 12.6. The van der Waals surface area contributed by atoms with E-state index in [0.717, 1.165) is 12.0 Å². The fraction of sp³-hybridized carbons (Fsp3) is 0.467. The van der Waals surface area contributed by atoms with Crippen LogP contribution >= 0.6 is 11.6 Å². The molecule has 0 radical (unpaired) electrons. The number of amides is 1. The third-order valence-electron chi connectivity index (χ3n) is 4.30.